The summed E-state index contributed by atoms with van der Waals surface area (Å²) < 4.78 is 5.10. The molecule has 540 valence electrons. The van der Waals surface area contributed by atoms with Crippen LogP contribution in [0.3, 0.4) is 0 Å². The number of hydrogen-bond acceptors (Lipinski definition) is 15. The third-order valence-corrected chi connectivity index (χ3v) is 20.3. The first kappa shape index (κ1) is 83.9. The van der Waals surface area contributed by atoms with Crippen molar-refractivity contribution in [1.82, 2.24) is 74.8 Å². The molecule has 0 amide bonds. The van der Waals surface area contributed by atoms with Crippen LogP contribution in [0.25, 0.3) is 98.1 Å². The van der Waals surface area contributed by atoms with Crippen LogP contribution in [0.15, 0.2) is 261 Å². The highest BCUT2D eigenvalue weighted by Crippen LogP contribution is 2.31. The summed E-state index contributed by atoms with van der Waals surface area (Å²) in [5.41, 5.74) is 5.35. The molecule has 0 bridgehead atoms. The number of nitrogens with zero attached hydrogens (tertiary/aromatic N) is 15. The maximum Gasteiger partial charge on any atom is 0.165 e. The van der Waals surface area contributed by atoms with Gasteiger partial charge in [-0.15, -0.1) is 0 Å². The summed E-state index contributed by atoms with van der Waals surface area (Å²) in [5.74, 6) is 0. The van der Waals surface area contributed by atoms with E-state index in [4.69, 9.17) is 151 Å². The van der Waals surface area contributed by atoms with Gasteiger partial charge in [0.05, 0.1) is 53.1 Å². The Labute approximate surface area is 722 Å². The summed E-state index contributed by atoms with van der Waals surface area (Å²) in [5, 5.41) is 17.0. The lowest BCUT2D eigenvalue weighted by Crippen LogP contribution is -1.86. The molecule has 0 radical (unpaired) electrons. The molecule has 0 unspecified atom stereocenters. The average Bonchev–Trinajstić information content (AvgIpc) is 0.922. The van der Waals surface area contributed by atoms with Crippen LogP contribution in [-0.4, -0.2) is 74.8 Å². The van der Waals surface area contributed by atoms with Gasteiger partial charge in [0.25, 0.3) is 0 Å². The molecule has 0 spiro atoms. The van der Waals surface area contributed by atoms with Crippen molar-refractivity contribution in [2.24, 2.45) is 0 Å². The van der Waals surface area contributed by atoms with Gasteiger partial charge in [-0.1, -0.05) is 249 Å². The van der Waals surface area contributed by atoms with Crippen LogP contribution in [0.5, 0.6) is 0 Å². The fourth-order valence-electron chi connectivity index (χ4n) is 9.23. The topological polar surface area (TPSA) is 193 Å². The molecule has 18 rings (SSSR count). The molecule has 13 heterocycles. The van der Waals surface area contributed by atoms with E-state index in [1.54, 1.807) is 122 Å². The number of pyridine rings is 11. The normalized spacial score (nSPS) is 10.5. The molecule has 0 saturated heterocycles. The van der Waals surface area contributed by atoms with E-state index in [0.717, 1.165) is 114 Å². The van der Waals surface area contributed by atoms with Crippen LogP contribution in [0.1, 0.15) is 0 Å². The molecule has 0 atom stereocenters. The largest absolute Gasteiger partial charge is 0.256 e. The Balaban J connectivity index is 0.000000130. The van der Waals surface area contributed by atoms with Gasteiger partial charge in [-0.3, -0.25) is 15.0 Å². The molecule has 5 aromatic carbocycles. The number of aromatic nitrogens is 15. The summed E-state index contributed by atoms with van der Waals surface area (Å²) in [4.78, 5) is 60.0. The third-order valence-electron chi connectivity index (χ3n) is 14.2. The fraction of sp³-hybridized carbons (Fsp3) is 0. The number of rotatable bonds is 0. The molecule has 0 aliphatic heterocycles. The van der Waals surface area contributed by atoms with Gasteiger partial charge in [0.1, 0.15) is 59.0 Å². The maximum absolute atomic E-state index is 5.97. The van der Waals surface area contributed by atoms with Gasteiger partial charge in [0.15, 0.2) is 11.3 Å². The van der Waals surface area contributed by atoms with Crippen LogP contribution in [0.2, 0.25) is 66.5 Å². The lowest BCUT2D eigenvalue weighted by atomic mass is 10.2. The van der Waals surface area contributed by atoms with Crippen LogP contribution in [0, 0.1) is 0 Å². The molecule has 0 saturated carbocycles. The minimum absolute atomic E-state index is 0.393. The zero-order chi connectivity index (χ0) is 77.0. The van der Waals surface area contributed by atoms with E-state index in [9.17, 15) is 0 Å². The molecule has 0 aliphatic rings. The second-order valence-electron chi connectivity index (χ2n) is 21.3. The van der Waals surface area contributed by atoms with Gasteiger partial charge < -0.3 is 0 Å². The summed E-state index contributed by atoms with van der Waals surface area (Å²) in [6.07, 6.45) is 16.0. The van der Waals surface area contributed by atoms with Crippen molar-refractivity contribution < 1.29 is 0 Å². The zero-order valence-corrected chi connectivity index (χ0v) is 71.8. The highest BCUT2D eigenvalue weighted by atomic mass is 79.9. The van der Waals surface area contributed by atoms with Crippen LogP contribution < -0.4 is 0 Å². The first-order chi connectivity index (χ1) is 51.9. The highest BCUT2D eigenvalue weighted by molar-refractivity contribution is 9.11. The first-order valence-corrected chi connectivity index (χ1v) is 39.3. The van der Waals surface area contributed by atoms with Gasteiger partial charge in [-0.25, -0.2) is 59.8 Å². The minimum atomic E-state index is 0.393. The second-order valence-corrected chi connectivity index (χ2v) is 30.8. The standard InChI is InChI=1S/4C9H5BrClN.C8H4BrClN2.3C8H4Cl2N2.C7H3Cl2N3/c10-7-1-2-8-6(5-7)3-4-12-9(8)11;10-6-1-2-9-7(5-6)8(11)3-4-12-9;10-6-1-2-7-8(11)3-4-12-9(7)5-6;10-7-2-1-6-3-4-12-9(11)8(6)5-7;9-5-1-2-6-7(3-5)11-4-12-8(6)10;9-5-3-6-7(12-4-5)1-2-11-8(6)10;9-7-2-1-5-6(12-7)3-4-11-8(5)10;9-6-3-4-11-8-5(6)1-2-7(10)12-8;8-5-2-1-4-6(9)10-3-11-7(4)12-5/h4*1-5H;4*1-4H;1-3H. The van der Waals surface area contributed by atoms with E-state index < -0.39 is 0 Å². The highest BCUT2D eigenvalue weighted by Gasteiger charge is 2.08. The predicted octanol–water partition coefficient (Wildman–Crippen LogP) is 28.8. The van der Waals surface area contributed by atoms with Crippen molar-refractivity contribution in [1.29, 1.82) is 0 Å². The van der Waals surface area contributed by atoms with E-state index in [1.165, 1.54) is 12.7 Å². The van der Waals surface area contributed by atoms with Crippen LogP contribution in [0.4, 0.5) is 0 Å². The Hall–Kier alpha value is -6.58. The molecule has 0 aliphatic carbocycles. The van der Waals surface area contributed by atoms with Crippen molar-refractivity contribution >= 4 is 329 Å². The van der Waals surface area contributed by atoms with Crippen LogP contribution in [-0.2, 0) is 0 Å². The van der Waals surface area contributed by atoms with E-state index >= 15 is 0 Å². The molecule has 108 heavy (non-hydrogen) atoms. The third kappa shape index (κ3) is 24.0. The Kier molecular flexibility index (Phi) is 31.9. The summed E-state index contributed by atoms with van der Waals surface area (Å²) in [6, 6.07) is 54.2. The van der Waals surface area contributed by atoms with Crippen molar-refractivity contribution in [2.75, 3.05) is 0 Å². The van der Waals surface area contributed by atoms with E-state index in [1.807, 2.05) is 103 Å². The van der Waals surface area contributed by atoms with Gasteiger partial charge in [-0.05, 0) is 168 Å². The molecule has 0 fully saturated rings. The van der Waals surface area contributed by atoms with Crippen molar-refractivity contribution in [3.63, 3.8) is 0 Å². The quantitative estimate of drug-likeness (QED) is 0.103. The lowest BCUT2D eigenvalue weighted by Gasteiger charge is -1.98. The first-order valence-electron chi connectivity index (χ1n) is 30.4. The lowest BCUT2D eigenvalue weighted by molar-refractivity contribution is 1.18. The number of hydrogen-bond donors (Lipinski definition) is 0. The molecular weight excluding hydrogens is 1970 g/mol. The molecule has 15 nitrogen and oxygen atoms in total. The molecule has 18 aromatic rings. The number of benzene rings is 5. The Morgan fingerprint density at radius 1 is 0.213 bits per heavy atom. The van der Waals surface area contributed by atoms with E-state index in [2.05, 4.69) is 154 Å². The maximum atomic E-state index is 5.97. The molecule has 33 heteroatoms. The average molecular weight is 2010 g/mol. The van der Waals surface area contributed by atoms with Gasteiger partial charge >= 0.3 is 0 Å². The summed E-state index contributed by atoms with van der Waals surface area (Å²) in [6.45, 7) is 0. The minimum Gasteiger partial charge on any atom is -0.256 e. The van der Waals surface area contributed by atoms with E-state index in [-0.39, 0.29) is 0 Å². The molecular formula is C75H39Br5Cl13N15. The van der Waals surface area contributed by atoms with Gasteiger partial charge in [0.2, 0.25) is 0 Å². The number of fused-ring (bicyclic) bond motifs is 9. The molecule has 13 aromatic heterocycles. The van der Waals surface area contributed by atoms with Gasteiger partial charge in [-0.2, -0.15) is 0 Å². The number of halogens is 18. The van der Waals surface area contributed by atoms with Crippen molar-refractivity contribution in [2.45, 2.75) is 0 Å². The Morgan fingerprint density at radius 3 is 1.28 bits per heavy atom. The fourth-order valence-corrected chi connectivity index (χ4v) is 13.5. The van der Waals surface area contributed by atoms with E-state index in [0.29, 0.717) is 73.1 Å². The Morgan fingerprint density at radius 2 is 0.611 bits per heavy atom. The summed E-state index contributed by atoms with van der Waals surface area (Å²) in [7, 11) is 0. The second kappa shape index (κ2) is 41.1. The smallest absolute Gasteiger partial charge is 0.165 e. The van der Waals surface area contributed by atoms with Crippen molar-refractivity contribution in [3.05, 3.63) is 327 Å². The molecule has 0 N–H and O–H groups in total. The SMILES string of the molecule is Clc1ccc2c(Cl)ccnc2n1.Clc1ccc2c(Cl)nccc2n1.Clc1ccc2c(Cl)ncnc2n1.Clc1ccnc2cc(Br)ccc12.Clc1ccnc2ccc(Br)cc12.Clc1cnc2ccnc(Cl)c2c1.Clc1nccc2cc(Br)ccc12.Clc1nccc2ccc(Br)cc12.Clc1ncnc2cc(Br)ccc12. The zero-order valence-electron chi connectivity index (χ0n) is 54.0. The summed E-state index contributed by atoms with van der Waals surface area (Å²) >= 11 is 92.5. The predicted molar refractivity (Wildman–Crippen MR) is 466 cm³/mol. The Bertz CT molecular complexity index is 5400. The van der Waals surface area contributed by atoms with Gasteiger partial charge in [0, 0.05) is 115 Å². The van der Waals surface area contributed by atoms with Crippen LogP contribution >= 0.6 is 230 Å². The van der Waals surface area contributed by atoms with Crippen molar-refractivity contribution in [3.8, 4) is 0 Å². The monoisotopic (exact) mass is 2000 g/mol.